The van der Waals surface area contributed by atoms with Gasteiger partial charge >= 0.3 is 0 Å². The van der Waals surface area contributed by atoms with Gasteiger partial charge in [0, 0.05) is 23.6 Å². The molecular formula is C26H24N2O4. The highest BCUT2D eigenvalue weighted by Gasteiger charge is 2.47. The number of carbonyl (C=O) groups excluding carboxylic acids is 2. The van der Waals surface area contributed by atoms with Gasteiger partial charge in [0.1, 0.15) is 11.5 Å². The summed E-state index contributed by atoms with van der Waals surface area (Å²) in [5, 5.41) is 11.2. The number of amides is 1. The zero-order valence-electron chi connectivity index (χ0n) is 18.0. The highest BCUT2D eigenvalue weighted by atomic mass is 16.5. The van der Waals surface area contributed by atoms with E-state index in [1.54, 1.807) is 60.9 Å². The molecule has 4 rings (SSSR count). The van der Waals surface area contributed by atoms with Crippen molar-refractivity contribution in [3.63, 3.8) is 0 Å². The normalized spacial score (nSPS) is 17.6. The summed E-state index contributed by atoms with van der Waals surface area (Å²) in [6.07, 6.45) is 4.07. The number of ketones is 1. The fraction of sp³-hybridized carbons (Fsp3) is 0.192. The van der Waals surface area contributed by atoms with Gasteiger partial charge < -0.3 is 9.84 Å². The number of rotatable bonds is 6. The van der Waals surface area contributed by atoms with Crippen molar-refractivity contribution in [2.24, 2.45) is 0 Å². The summed E-state index contributed by atoms with van der Waals surface area (Å²) < 4.78 is 5.66. The van der Waals surface area contributed by atoms with Gasteiger partial charge in [-0.25, -0.2) is 0 Å². The average molecular weight is 428 g/mol. The second kappa shape index (κ2) is 9.06. The number of hydrogen-bond donors (Lipinski definition) is 1. The van der Waals surface area contributed by atoms with Gasteiger partial charge in [-0.2, -0.15) is 0 Å². The molecular weight excluding hydrogens is 404 g/mol. The summed E-state index contributed by atoms with van der Waals surface area (Å²) in [4.78, 5) is 31.8. The molecule has 0 radical (unpaired) electrons. The standard InChI is InChI=1S/C26H24N2O4/c1-3-14-32-21-8-4-6-18(15-21)24(29)22-23(19-7-5-13-27-16-19)28(26(31)25(22)30)20-11-9-17(2)10-12-20/h4-13,15-16,23,29H,3,14H2,1-2H3/b24-22-. The van der Waals surface area contributed by atoms with E-state index in [4.69, 9.17) is 4.74 Å². The first-order valence-corrected chi connectivity index (χ1v) is 10.5. The van der Waals surface area contributed by atoms with E-state index in [0.29, 0.717) is 29.2 Å². The Bertz CT molecular complexity index is 1170. The van der Waals surface area contributed by atoms with E-state index in [1.807, 2.05) is 26.0 Å². The molecule has 0 aliphatic carbocycles. The number of hydrogen-bond acceptors (Lipinski definition) is 5. The second-order valence-electron chi connectivity index (χ2n) is 7.67. The predicted molar refractivity (Wildman–Crippen MR) is 122 cm³/mol. The smallest absolute Gasteiger partial charge is 0.300 e. The number of aromatic nitrogens is 1. The van der Waals surface area contributed by atoms with Gasteiger partial charge in [0.2, 0.25) is 0 Å². The molecule has 32 heavy (non-hydrogen) atoms. The predicted octanol–water partition coefficient (Wildman–Crippen LogP) is 4.81. The number of ether oxygens (including phenoxy) is 1. The number of benzene rings is 2. The lowest BCUT2D eigenvalue weighted by atomic mass is 9.96. The van der Waals surface area contributed by atoms with E-state index >= 15 is 0 Å². The van der Waals surface area contributed by atoms with Gasteiger partial charge in [0.15, 0.2) is 0 Å². The fourth-order valence-electron chi connectivity index (χ4n) is 3.77. The first-order chi connectivity index (χ1) is 15.5. The van der Waals surface area contributed by atoms with Crippen LogP contribution in [0.25, 0.3) is 5.76 Å². The maximum absolute atomic E-state index is 13.2. The minimum absolute atomic E-state index is 0.0243. The van der Waals surface area contributed by atoms with Crippen molar-refractivity contribution in [2.75, 3.05) is 11.5 Å². The van der Waals surface area contributed by atoms with Crippen LogP contribution in [0.15, 0.2) is 78.6 Å². The number of aliphatic hydroxyl groups is 1. The Balaban J connectivity index is 1.87. The summed E-state index contributed by atoms with van der Waals surface area (Å²) in [5.74, 6) is -1.09. The Morgan fingerprint density at radius 1 is 1.09 bits per heavy atom. The minimum Gasteiger partial charge on any atom is -0.507 e. The Kier molecular flexibility index (Phi) is 6.03. The van der Waals surface area contributed by atoms with Gasteiger partial charge in [-0.1, -0.05) is 42.8 Å². The van der Waals surface area contributed by atoms with Crippen LogP contribution in [-0.4, -0.2) is 28.4 Å². The SMILES string of the molecule is CCCOc1cccc(/C(O)=C2/C(=O)C(=O)N(c3ccc(C)cc3)C2c2cccnc2)c1. The van der Waals surface area contributed by atoms with Crippen LogP contribution in [0.2, 0.25) is 0 Å². The molecule has 1 N–H and O–H groups in total. The lowest BCUT2D eigenvalue weighted by Crippen LogP contribution is -2.29. The molecule has 1 aromatic heterocycles. The minimum atomic E-state index is -0.799. The summed E-state index contributed by atoms with van der Waals surface area (Å²) in [5.41, 5.74) is 2.68. The van der Waals surface area contributed by atoms with Crippen molar-refractivity contribution in [3.05, 3.63) is 95.3 Å². The molecule has 1 saturated heterocycles. The van der Waals surface area contributed by atoms with Crippen molar-refractivity contribution >= 4 is 23.1 Å². The molecule has 2 heterocycles. The summed E-state index contributed by atoms with van der Waals surface area (Å²) in [7, 11) is 0. The third-order valence-electron chi connectivity index (χ3n) is 5.34. The molecule has 2 aromatic carbocycles. The van der Waals surface area contributed by atoms with Crippen LogP contribution in [-0.2, 0) is 9.59 Å². The molecule has 0 saturated carbocycles. The molecule has 1 aliphatic heterocycles. The van der Waals surface area contributed by atoms with Crippen LogP contribution in [0.5, 0.6) is 5.75 Å². The van der Waals surface area contributed by atoms with E-state index in [9.17, 15) is 14.7 Å². The zero-order chi connectivity index (χ0) is 22.7. The summed E-state index contributed by atoms with van der Waals surface area (Å²) >= 11 is 0. The first-order valence-electron chi connectivity index (χ1n) is 10.5. The van der Waals surface area contributed by atoms with Crippen LogP contribution in [0, 0.1) is 6.92 Å². The maximum Gasteiger partial charge on any atom is 0.300 e. The van der Waals surface area contributed by atoms with E-state index in [1.165, 1.54) is 4.90 Å². The lowest BCUT2D eigenvalue weighted by Gasteiger charge is -2.25. The van der Waals surface area contributed by atoms with Gasteiger partial charge in [-0.15, -0.1) is 0 Å². The van der Waals surface area contributed by atoms with Crippen LogP contribution in [0.1, 0.15) is 36.1 Å². The number of anilines is 1. The van der Waals surface area contributed by atoms with Crippen LogP contribution >= 0.6 is 0 Å². The van der Waals surface area contributed by atoms with E-state index in [2.05, 4.69) is 4.98 Å². The van der Waals surface area contributed by atoms with Gasteiger partial charge in [0.05, 0.1) is 18.2 Å². The Hall–Kier alpha value is -3.93. The van der Waals surface area contributed by atoms with Crippen molar-refractivity contribution in [1.29, 1.82) is 0 Å². The molecule has 1 fully saturated rings. The topological polar surface area (TPSA) is 79.7 Å². The van der Waals surface area contributed by atoms with Crippen LogP contribution in [0.4, 0.5) is 5.69 Å². The Labute approximate surface area is 186 Å². The van der Waals surface area contributed by atoms with Crippen molar-refractivity contribution in [2.45, 2.75) is 26.3 Å². The monoisotopic (exact) mass is 428 g/mol. The van der Waals surface area contributed by atoms with Crippen LogP contribution < -0.4 is 9.64 Å². The third-order valence-corrected chi connectivity index (χ3v) is 5.34. The molecule has 1 unspecified atom stereocenters. The summed E-state index contributed by atoms with van der Waals surface area (Å²) in [6, 6.07) is 17.0. The van der Waals surface area contributed by atoms with Crippen LogP contribution in [0.3, 0.4) is 0 Å². The number of pyridine rings is 1. The molecule has 3 aromatic rings. The molecule has 6 nitrogen and oxygen atoms in total. The first kappa shape index (κ1) is 21.3. The highest BCUT2D eigenvalue weighted by molar-refractivity contribution is 6.51. The molecule has 0 bridgehead atoms. The lowest BCUT2D eigenvalue weighted by molar-refractivity contribution is -0.132. The van der Waals surface area contributed by atoms with Gasteiger partial charge in [-0.05, 0) is 49.2 Å². The number of aryl methyl sites for hydroxylation is 1. The van der Waals surface area contributed by atoms with Crippen molar-refractivity contribution < 1.29 is 19.4 Å². The molecule has 1 aliphatic rings. The molecule has 1 amide bonds. The number of carbonyl (C=O) groups is 2. The highest BCUT2D eigenvalue weighted by Crippen LogP contribution is 2.42. The average Bonchev–Trinajstić information content (AvgIpc) is 3.09. The fourth-order valence-corrected chi connectivity index (χ4v) is 3.77. The molecule has 0 spiro atoms. The maximum atomic E-state index is 13.2. The Morgan fingerprint density at radius 3 is 2.56 bits per heavy atom. The van der Waals surface area contributed by atoms with Crippen molar-refractivity contribution in [1.82, 2.24) is 4.98 Å². The van der Waals surface area contributed by atoms with E-state index in [-0.39, 0.29) is 11.3 Å². The molecule has 162 valence electrons. The number of nitrogens with zero attached hydrogens (tertiary/aromatic N) is 2. The largest absolute Gasteiger partial charge is 0.507 e. The van der Waals surface area contributed by atoms with Gasteiger partial charge in [-0.3, -0.25) is 19.5 Å². The van der Waals surface area contributed by atoms with Crippen molar-refractivity contribution in [3.8, 4) is 5.75 Å². The van der Waals surface area contributed by atoms with E-state index in [0.717, 1.165) is 12.0 Å². The zero-order valence-corrected chi connectivity index (χ0v) is 18.0. The van der Waals surface area contributed by atoms with Gasteiger partial charge in [0.25, 0.3) is 11.7 Å². The van der Waals surface area contributed by atoms with E-state index < -0.39 is 17.7 Å². The molecule has 1 atom stereocenters. The number of aliphatic hydroxyl groups excluding tert-OH is 1. The Morgan fingerprint density at radius 2 is 1.88 bits per heavy atom. The molecule has 6 heteroatoms. The summed E-state index contributed by atoms with van der Waals surface area (Å²) in [6.45, 7) is 4.49. The second-order valence-corrected chi connectivity index (χ2v) is 7.67. The quantitative estimate of drug-likeness (QED) is 0.346. The number of Topliss-reactive ketones (excluding diaryl/α,β-unsaturated/α-hetero) is 1. The third kappa shape index (κ3) is 3.99.